The summed E-state index contributed by atoms with van der Waals surface area (Å²) in [5.74, 6) is 1.82. The average Bonchev–Trinajstić information content (AvgIpc) is 3.35. The van der Waals surface area contributed by atoms with Gasteiger partial charge in [0.15, 0.2) is 17.1 Å². The van der Waals surface area contributed by atoms with Crippen molar-refractivity contribution in [2.45, 2.75) is 6.92 Å². The molecule has 1 aliphatic heterocycles. The van der Waals surface area contributed by atoms with Crippen LogP contribution in [-0.4, -0.2) is 32.4 Å². The van der Waals surface area contributed by atoms with Gasteiger partial charge in [0, 0.05) is 0 Å². The van der Waals surface area contributed by atoms with Crippen molar-refractivity contribution < 1.29 is 9.47 Å². The van der Waals surface area contributed by atoms with E-state index in [0.29, 0.717) is 28.4 Å². The maximum absolute atomic E-state index is 12.9. The number of aryl methyl sites for hydroxylation is 1. The van der Waals surface area contributed by atoms with Crippen molar-refractivity contribution in [2.24, 2.45) is 5.10 Å². The van der Waals surface area contributed by atoms with Gasteiger partial charge in [-0.1, -0.05) is 18.2 Å². The molecule has 0 fully saturated rings. The molecule has 0 amide bonds. The van der Waals surface area contributed by atoms with Crippen molar-refractivity contribution in [3.8, 4) is 17.2 Å². The Kier molecular flexibility index (Phi) is 3.68. The van der Waals surface area contributed by atoms with E-state index in [1.165, 1.54) is 10.9 Å². The minimum absolute atomic E-state index is 0.209. The first-order valence-electron chi connectivity index (χ1n) is 8.67. The van der Waals surface area contributed by atoms with Crippen molar-refractivity contribution >= 4 is 17.2 Å². The summed E-state index contributed by atoms with van der Waals surface area (Å²) in [6, 6.07) is 15.0. The lowest BCUT2D eigenvalue weighted by Crippen LogP contribution is -2.20. The molecule has 0 saturated heterocycles. The number of rotatable bonds is 3. The van der Waals surface area contributed by atoms with Crippen molar-refractivity contribution in [1.29, 1.82) is 0 Å². The van der Waals surface area contributed by atoms with E-state index in [9.17, 15) is 4.79 Å². The van der Waals surface area contributed by atoms with Gasteiger partial charge in [-0.3, -0.25) is 4.79 Å². The van der Waals surface area contributed by atoms with Gasteiger partial charge in [-0.2, -0.15) is 14.9 Å². The molecule has 2 aromatic carbocycles. The molecule has 5 rings (SSSR count). The molecule has 28 heavy (non-hydrogen) atoms. The van der Waals surface area contributed by atoms with Crippen molar-refractivity contribution in [1.82, 2.24) is 19.4 Å². The molecule has 0 N–H and O–H groups in total. The Morgan fingerprint density at radius 2 is 1.93 bits per heavy atom. The summed E-state index contributed by atoms with van der Waals surface area (Å²) in [4.78, 5) is 17.5. The maximum atomic E-state index is 12.9. The van der Waals surface area contributed by atoms with Gasteiger partial charge in [-0.15, -0.1) is 0 Å². The van der Waals surface area contributed by atoms with Crippen LogP contribution >= 0.6 is 0 Å². The van der Waals surface area contributed by atoms with Gasteiger partial charge in [0.1, 0.15) is 11.2 Å². The zero-order valence-electron chi connectivity index (χ0n) is 14.9. The molecule has 0 unspecified atom stereocenters. The molecule has 0 spiro atoms. The van der Waals surface area contributed by atoms with E-state index in [0.717, 1.165) is 11.3 Å². The van der Waals surface area contributed by atoms with Crippen LogP contribution in [0.25, 0.3) is 16.7 Å². The van der Waals surface area contributed by atoms with E-state index in [4.69, 9.17) is 9.47 Å². The summed E-state index contributed by atoms with van der Waals surface area (Å²) in [6.45, 7) is 1.95. The number of fused-ring (bicyclic) bond motifs is 2. The van der Waals surface area contributed by atoms with Gasteiger partial charge < -0.3 is 9.47 Å². The van der Waals surface area contributed by atoms with Gasteiger partial charge in [0.25, 0.3) is 5.56 Å². The normalized spacial score (nSPS) is 12.9. The minimum atomic E-state index is -0.276. The molecular weight excluding hydrogens is 358 g/mol. The monoisotopic (exact) mass is 373 g/mol. The molecule has 0 saturated carbocycles. The molecule has 2 aromatic heterocycles. The molecule has 8 nitrogen and oxygen atoms in total. The minimum Gasteiger partial charge on any atom is -0.454 e. The Balaban J connectivity index is 1.56. The van der Waals surface area contributed by atoms with Crippen LogP contribution in [0, 0.1) is 6.92 Å². The topological polar surface area (TPSA) is 83.5 Å². The van der Waals surface area contributed by atoms with E-state index in [2.05, 4.69) is 15.2 Å². The molecule has 8 heteroatoms. The van der Waals surface area contributed by atoms with Crippen LogP contribution in [0.2, 0.25) is 0 Å². The summed E-state index contributed by atoms with van der Waals surface area (Å²) < 4.78 is 13.6. The molecular formula is C20H15N5O3. The predicted octanol–water partition coefficient (Wildman–Crippen LogP) is 2.50. The first-order valence-corrected chi connectivity index (χ1v) is 8.67. The lowest BCUT2D eigenvalue weighted by molar-refractivity contribution is 0.174. The van der Waals surface area contributed by atoms with E-state index in [1.807, 2.05) is 48.5 Å². The number of aromatic nitrogens is 4. The summed E-state index contributed by atoms with van der Waals surface area (Å²) in [6.07, 6.45) is 3.11. The summed E-state index contributed by atoms with van der Waals surface area (Å²) in [5, 5.41) is 9.04. The molecule has 0 radical (unpaired) electrons. The molecule has 1 aliphatic rings. The second kappa shape index (κ2) is 6.34. The third-order valence-electron chi connectivity index (χ3n) is 4.46. The average molecular weight is 373 g/mol. The number of ether oxygens (including phenoxy) is 2. The Labute approximate surface area is 159 Å². The van der Waals surface area contributed by atoms with Crippen molar-refractivity contribution in [2.75, 3.05) is 6.79 Å². The Morgan fingerprint density at radius 1 is 1.11 bits per heavy atom. The molecule has 138 valence electrons. The largest absolute Gasteiger partial charge is 0.454 e. The van der Waals surface area contributed by atoms with Crippen molar-refractivity contribution in [3.63, 3.8) is 0 Å². The number of para-hydroxylation sites is 1. The third-order valence-corrected chi connectivity index (χ3v) is 4.46. The highest BCUT2D eigenvalue weighted by molar-refractivity contribution is 5.81. The Bertz CT molecular complexity index is 1270. The van der Waals surface area contributed by atoms with Crippen molar-refractivity contribution in [3.05, 3.63) is 76.5 Å². The second-order valence-electron chi connectivity index (χ2n) is 6.26. The lowest BCUT2D eigenvalue weighted by atomic mass is 10.2. The summed E-state index contributed by atoms with van der Waals surface area (Å²) in [5.41, 5.74) is 1.85. The molecule has 0 aliphatic carbocycles. The van der Waals surface area contributed by atoms with Gasteiger partial charge in [-0.25, -0.2) is 9.67 Å². The zero-order valence-corrected chi connectivity index (χ0v) is 14.9. The highest BCUT2D eigenvalue weighted by atomic mass is 16.7. The van der Waals surface area contributed by atoms with E-state index >= 15 is 0 Å². The lowest BCUT2D eigenvalue weighted by Gasteiger charge is -2.06. The first kappa shape index (κ1) is 16.2. The van der Waals surface area contributed by atoms with Gasteiger partial charge >= 0.3 is 0 Å². The van der Waals surface area contributed by atoms with Crippen LogP contribution in [0.4, 0.5) is 0 Å². The van der Waals surface area contributed by atoms with E-state index in [-0.39, 0.29) is 12.4 Å². The fraction of sp³-hybridized carbons (Fsp3) is 0.100. The third kappa shape index (κ3) is 2.62. The number of nitrogens with zero attached hydrogens (tertiary/aromatic N) is 5. The van der Waals surface area contributed by atoms with Gasteiger partial charge in [0.05, 0.1) is 18.1 Å². The highest BCUT2D eigenvalue weighted by Crippen LogP contribution is 2.32. The van der Waals surface area contributed by atoms with Crippen LogP contribution in [0.5, 0.6) is 11.5 Å². The quantitative estimate of drug-likeness (QED) is 0.515. The Hall–Kier alpha value is -3.94. The number of hydrogen-bond acceptors (Lipinski definition) is 6. The molecule has 0 bridgehead atoms. The summed E-state index contributed by atoms with van der Waals surface area (Å²) >= 11 is 0. The van der Waals surface area contributed by atoms with E-state index < -0.39 is 0 Å². The smallest absolute Gasteiger partial charge is 0.285 e. The SMILES string of the molecule is Cc1nc2c(cnn2-c2ccccc2)c(=O)n1/N=C\c1ccc2c(c1)OCO2. The van der Waals surface area contributed by atoms with Gasteiger partial charge in [0.2, 0.25) is 6.79 Å². The van der Waals surface area contributed by atoms with Crippen LogP contribution in [0.15, 0.2) is 64.6 Å². The maximum Gasteiger partial charge on any atom is 0.285 e. The van der Waals surface area contributed by atoms with Crippen LogP contribution in [0.1, 0.15) is 11.4 Å². The first-order chi connectivity index (χ1) is 13.7. The molecule has 4 aromatic rings. The van der Waals surface area contributed by atoms with Crippen LogP contribution in [-0.2, 0) is 0 Å². The fourth-order valence-electron chi connectivity index (χ4n) is 3.07. The van der Waals surface area contributed by atoms with Gasteiger partial charge in [-0.05, 0) is 42.8 Å². The van der Waals surface area contributed by atoms with E-state index in [1.54, 1.807) is 17.8 Å². The fourth-order valence-corrected chi connectivity index (χ4v) is 3.07. The Morgan fingerprint density at radius 3 is 2.79 bits per heavy atom. The number of hydrogen-bond donors (Lipinski definition) is 0. The second-order valence-corrected chi connectivity index (χ2v) is 6.26. The van der Waals surface area contributed by atoms with Crippen LogP contribution < -0.4 is 15.0 Å². The molecule has 3 heterocycles. The zero-order chi connectivity index (χ0) is 19.1. The standard InChI is InChI=1S/C20H15N5O3/c1-13-23-19-16(11-22-25(19)15-5-3-2-4-6-15)20(26)24(13)21-10-14-7-8-17-18(9-14)28-12-27-17/h2-11H,12H2,1H3/b21-10-. The predicted molar refractivity (Wildman–Crippen MR) is 103 cm³/mol. The number of benzene rings is 2. The van der Waals surface area contributed by atoms with Crippen LogP contribution in [0.3, 0.4) is 0 Å². The highest BCUT2D eigenvalue weighted by Gasteiger charge is 2.15. The molecule has 0 atom stereocenters. The summed E-state index contributed by atoms with van der Waals surface area (Å²) in [7, 11) is 0.